The lowest BCUT2D eigenvalue weighted by Gasteiger charge is -2.12. The topological polar surface area (TPSA) is 117 Å². The smallest absolute Gasteiger partial charge is 0.253 e. The van der Waals surface area contributed by atoms with Crippen LogP contribution < -0.4 is 10.6 Å². The van der Waals surface area contributed by atoms with E-state index in [1.807, 2.05) is 0 Å². The Labute approximate surface area is 330 Å². The number of hydrogen-bond donors (Lipinski definition) is 2. The third-order valence-electron chi connectivity index (χ3n) is 10.6. The van der Waals surface area contributed by atoms with Crippen LogP contribution in [0.2, 0.25) is 0 Å². The number of unbranched alkanes of at least 4 members (excludes halogenated alkanes) is 30. The second-order valence-electron chi connectivity index (χ2n) is 15.4. The Morgan fingerprint density at radius 3 is 0.852 bits per heavy atom. The molecule has 306 valence electrons. The summed E-state index contributed by atoms with van der Waals surface area (Å²) < 4.78 is 0. The first-order valence-corrected chi connectivity index (χ1v) is 22.5. The van der Waals surface area contributed by atoms with Crippen LogP contribution in [0.5, 0.6) is 0 Å². The first kappa shape index (κ1) is 48.9. The van der Waals surface area contributed by atoms with E-state index >= 15 is 0 Å². The zero-order valence-electron chi connectivity index (χ0n) is 34.7. The maximum absolute atomic E-state index is 13.0. The molecule has 0 aliphatic rings. The van der Waals surface area contributed by atoms with Gasteiger partial charge in [0.25, 0.3) is 11.8 Å². The SMILES string of the molecule is CCCCCCCCCCCCCCCCCCNC(=O)c1ccc(C(=O)NCCCCCCCCCCCCCCCCCC)c(N=C=O)c1N=C=O. The van der Waals surface area contributed by atoms with Gasteiger partial charge in [0.1, 0.15) is 11.4 Å². The number of rotatable bonds is 38. The third-order valence-corrected chi connectivity index (χ3v) is 10.6. The molecule has 0 radical (unpaired) electrons. The lowest BCUT2D eigenvalue weighted by Crippen LogP contribution is -2.26. The van der Waals surface area contributed by atoms with E-state index in [9.17, 15) is 19.2 Å². The van der Waals surface area contributed by atoms with Crippen molar-refractivity contribution < 1.29 is 19.2 Å². The van der Waals surface area contributed by atoms with Gasteiger partial charge in [-0.3, -0.25) is 9.59 Å². The quantitative estimate of drug-likeness (QED) is 0.0397. The summed E-state index contributed by atoms with van der Waals surface area (Å²) in [4.78, 5) is 56.0. The molecular weight excluding hydrogens is 673 g/mol. The van der Waals surface area contributed by atoms with Gasteiger partial charge < -0.3 is 10.6 Å². The molecular formula is C46H78N4O4. The standard InChI is InChI=1S/C46H78N4O4/c1-3-5-7-9-11-13-15-17-19-21-23-25-27-29-31-33-37-47-45(53)41-35-36-42(44(50-40-52)43(41)49-39-51)46(54)48-38-34-32-30-28-26-24-22-20-18-16-14-12-10-8-6-4-2/h35-36H,3-34,37-38H2,1-2H3,(H,47,53)(H,48,54). The summed E-state index contributed by atoms with van der Waals surface area (Å²) in [5, 5.41) is 5.77. The average molecular weight is 751 g/mol. The Balaban J connectivity index is 2.28. The molecule has 54 heavy (non-hydrogen) atoms. The van der Waals surface area contributed by atoms with Crippen molar-refractivity contribution in [2.75, 3.05) is 13.1 Å². The van der Waals surface area contributed by atoms with Gasteiger partial charge >= 0.3 is 0 Å². The lowest BCUT2D eigenvalue weighted by atomic mass is 10.0. The van der Waals surface area contributed by atoms with Crippen LogP contribution in [0, 0.1) is 0 Å². The molecule has 0 unspecified atom stereocenters. The minimum atomic E-state index is -0.438. The molecule has 0 saturated heterocycles. The van der Waals surface area contributed by atoms with E-state index in [0.29, 0.717) is 13.1 Å². The molecule has 1 rings (SSSR count). The summed E-state index contributed by atoms with van der Waals surface area (Å²) in [6, 6.07) is 2.90. The Bertz CT molecular complexity index is 1100. The van der Waals surface area contributed by atoms with Crippen molar-refractivity contribution in [1.82, 2.24) is 10.6 Å². The number of isocyanates is 2. The van der Waals surface area contributed by atoms with Crippen molar-refractivity contribution in [2.45, 2.75) is 219 Å². The molecule has 1 aromatic rings. The molecule has 0 aromatic heterocycles. The van der Waals surface area contributed by atoms with Crippen LogP contribution in [-0.2, 0) is 9.59 Å². The summed E-state index contributed by atoms with van der Waals surface area (Å²) in [6.45, 7) is 5.49. The van der Waals surface area contributed by atoms with Gasteiger partial charge in [0.05, 0.1) is 11.1 Å². The number of carbonyl (C=O) groups is 2. The fraction of sp³-hybridized carbons (Fsp3) is 0.783. The van der Waals surface area contributed by atoms with Crippen LogP contribution in [0.1, 0.15) is 240 Å². The Hall–Kier alpha value is -3.08. The van der Waals surface area contributed by atoms with E-state index in [4.69, 9.17) is 0 Å². The number of aliphatic imine (C=N–C) groups is 2. The van der Waals surface area contributed by atoms with Crippen LogP contribution in [0.25, 0.3) is 0 Å². The molecule has 0 saturated carbocycles. The number of benzene rings is 1. The third kappa shape index (κ3) is 25.9. The molecule has 0 aliphatic heterocycles. The molecule has 1 aromatic carbocycles. The second-order valence-corrected chi connectivity index (χ2v) is 15.4. The largest absolute Gasteiger partial charge is 0.352 e. The second kappa shape index (κ2) is 36.9. The molecule has 0 atom stereocenters. The lowest BCUT2D eigenvalue weighted by molar-refractivity contribution is 0.0942. The molecule has 0 fully saturated rings. The molecule has 2 N–H and O–H groups in total. The molecule has 0 bridgehead atoms. The van der Waals surface area contributed by atoms with Gasteiger partial charge in [-0.2, -0.15) is 9.98 Å². The van der Waals surface area contributed by atoms with E-state index in [1.54, 1.807) is 0 Å². The molecule has 8 nitrogen and oxygen atoms in total. The number of amides is 2. The minimum Gasteiger partial charge on any atom is -0.352 e. The van der Waals surface area contributed by atoms with Gasteiger partial charge in [0.15, 0.2) is 0 Å². The Morgan fingerprint density at radius 2 is 0.630 bits per heavy atom. The van der Waals surface area contributed by atoms with E-state index in [0.717, 1.165) is 38.5 Å². The van der Waals surface area contributed by atoms with Gasteiger partial charge in [-0.15, -0.1) is 0 Å². The maximum atomic E-state index is 13.0. The molecule has 0 heterocycles. The van der Waals surface area contributed by atoms with Crippen LogP contribution in [0.15, 0.2) is 22.1 Å². The summed E-state index contributed by atoms with van der Waals surface area (Å²) in [5.41, 5.74) is -0.155. The number of nitrogens with zero attached hydrogens (tertiary/aromatic N) is 2. The highest BCUT2D eigenvalue weighted by molar-refractivity contribution is 6.08. The number of nitrogens with one attached hydrogen (secondary N) is 2. The van der Waals surface area contributed by atoms with Gasteiger partial charge in [0, 0.05) is 13.1 Å². The zero-order chi connectivity index (χ0) is 39.2. The van der Waals surface area contributed by atoms with Crippen LogP contribution in [0.3, 0.4) is 0 Å². The van der Waals surface area contributed by atoms with E-state index in [2.05, 4.69) is 34.5 Å². The van der Waals surface area contributed by atoms with Gasteiger partial charge in [-0.1, -0.05) is 206 Å². The highest BCUT2D eigenvalue weighted by atomic mass is 16.2. The predicted octanol–water partition coefficient (Wildman–Crippen LogP) is 13.6. The minimum absolute atomic E-state index is 0.0678. The molecule has 8 heteroatoms. The Kier molecular flexibility index (Phi) is 33.4. The van der Waals surface area contributed by atoms with Gasteiger partial charge in [-0.25, -0.2) is 9.59 Å². The van der Waals surface area contributed by atoms with Crippen molar-refractivity contribution in [3.8, 4) is 0 Å². The predicted molar refractivity (Wildman–Crippen MR) is 226 cm³/mol. The highest BCUT2D eigenvalue weighted by Crippen LogP contribution is 2.35. The first-order chi connectivity index (χ1) is 26.6. The number of carbonyl (C=O) groups excluding carboxylic acids is 4. The van der Waals surface area contributed by atoms with Crippen molar-refractivity contribution in [1.29, 1.82) is 0 Å². The number of hydrogen-bond acceptors (Lipinski definition) is 6. The van der Waals surface area contributed by atoms with Crippen LogP contribution >= 0.6 is 0 Å². The Morgan fingerprint density at radius 1 is 0.407 bits per heavy atom. The van der Waals surface area contributed by atoms with E-state index < -0.39 is 11.8 Å². The highest BCUT2D eigenvalue weighted by Gasteiger charge is 2.22. The van der Waals surface area contributed by atoms with Crippen molar-refractivity contribution in [2.24, 2.45) is 9.98 Å². The molecule has 0 spiro atoms. The van der Waals surface area contributed by atoms with Gasteiger partial charge in [0.2, 0.25) is 12.2 Å². The fourth-order valence-electron chi connectivity index (χ4n) is 7.20. The monoisotopic (exact) mass is 751 g/mol. The van der Waals surface area contributed by atoms with Gasteiger partial charge in [-0.05, 0) is 25.0 Å². The van der Waals surface area contributed by atoms with E-state index in [1.165, 1.54) is 191 Å². The average Bonchev–Trinajstić information content (AvgIpc) is 3.17. The van der Waals surface area contributed by atoms with E-state index in [-0.39, 0.29) is 22.5 Å². The summed E-state index contributed by atoms with van der Waals surface area (Å²) in [5.74, 6) is -0.875. The first-order valence-electron chi connectivity index (χ1n) is 22.5. The normalized spacial score (nSPS) is 10.9. The molecule has 2 amide bonds. The zero-order valence-corrected chi connectivity index (χ0v) is 34.7. The van der Waals surface area contributed by atoms with Crippen molar-refractivity contribution in [3.63, 3.8) is 0 Å². The van der Waals surface area contributed by atoms with Crippen LogP contribution in [0.4, 0.5) is 11.4 Å². The summed E-state index contributed by atoms with van der Waals surface area (Å²) in [6.07, 6.45) is 43.8. The van der Waals surface area contributed by atoms with Crippen LogP contribution in [-0.4, -0.2) is 37.1 Å². The molecule has 0 aliphatic carbocycles. The maximum Gasteiger partial charge on any atom is 0.253 e. The van der Waals surface area contributed by atoms with Crippen molar-refractivity contribution in [3.05, 3.63) is 23.3 Å². The summed E-state index contributed by atoms with van der Waals surface area (Å²) >= 11 is 0. The van der Waals surface area contributed by atoms with Crippen molar-refractivity contribution >= 4 is 35.3 Å². The fourth-order valence-corrected chi connectivity index (χ4v) is 7.20. The summed E-state index contributed by atoms with van der Waals surface area (Å²) in [7, 11) is 0.